The quantitative estimate of drug-likeness (QED) is 0.861. The smallest absolute Gasteiger partial charge is 0.278 e. The zero-order valence-electron chi connectivity index (χ0n) is 10.9. The van der Waals surface area contributed by atoms with Crippen molar-refractivity contribution in [3.8, 4) is 5.75 Å². The molecule has 0 aliphatic heterocycles. The lowest BCUT2D eigenvalue weighted by molar-refractivity contribution is 0.0231. The normalized spacial score (nSPS) is 10.1. The number of hydrogen-bond acceptors (Lipinski definition) is 3. The summed E-state index contributed by atoms with van der Waals surface area (Å²) in [5.41, 5.74) is 3.71. The van der Waals surface area contributed by atoms with Gasteiger partial charge < -0.3 is 4.74 Å². The Morgan fingerprint density at radius 3 is 2.65 bits per heavy atom. The molecular formula is C15H14ClNO3. The molecule has 0 unspecified atom stereocenters. The Morgan fingerprint density at radius 1 is 1.20 bits per heavy atom. The average molecular weight is 292 g/mol. The average Bonchev–Trinajstić information content (AvgIpc) is 2.48. The van der Waals surface area contributed by atoms with E-state index in [0.717, 1.165) is 5.56 Å². The van der Waals surface area contributed by atoms with Crippen molar-refractivity contribution in [3.63, 3.8) is 0 Å². The van der Waals surface area contributed by atoms with E-state index in [-0.39, 0.29) is 5.91 Å². The van der Waals surface area contributed by atoms with E-state index in [9.17, 15) is 4.79 Å². The number of ether oxygens (including phenoxy) is 1. The van der Waals surface area contributed by atoms with Gasteiger partial charge in [-0.15, -0.1) is 0 Å². The third-order valence-electron chi connectivity index (χ3n) is 2.65. The highest BCUT2D eigenvalue weighted by atomic mass is 35.5. The summed E-state index contributed by atoms with van der Waals surface area (Å²) in [5, 5.41) is 0.503. The van der Waals surface area contributed by atoms with Gasteiger partial charge >= 0.3 is 0 Å². The van der Waals surface area contributed by atoms with Crippen molar-refractivity contribution in [1.29, 1.82) is 0 Å². The molecule has 0 atom stereocenters. The maximum Gasteiger partial charge on any atom is 0.278 e. The summed E-state index contributed by atoms with van der Waals surface area (Å²) in [6, 6.07) is 14.3. The first-order valence-corrected chi connectivity index (χ1v) is 6.38. The van der Waals surface area contributed by atoms with Gasteiger partial charge in [0.15, 0.2) is 0 Å². The molecule has 1 amide bonds. The highest BCUT2D eigenvalue weighted by molar-refractivity contribution is 6.30. The van der Waals surface area contributed by atoms with Crippen LogP contribution in [0.15, 0.2) is 48.5 Å². The Morgan fingerprint density at radius 2 is 1.95 bits per heavy atom. The summed E-state index contributed by atoms with van der Waals surface area (Å²) in [6.45, 7) is 0.294. The Kier molecular flexibility index (Phi) is 4.98. The second-order valence-electron chi connectivity index (χ2n) is 4.05. The van der Waals surface area contributed by atoms with E-state index in [4.69, 9.17) is 21.2 Å². The molecule has 2 aromatic rings. The monoisotopic (exact) mass is 291 g/mol. The van der Waals surface area contributed by atoms with E-state index in [1.807, 2.05) is 30.3 Å². The Labute approximate surface area is 122 Å². The summed E-state index contributed by atoms with van der Waals surface area (Å²) >= 11 is 5.84. The fourth-order valence-corrected chi connectivity index (χ4v) is 1.83. The fraction of sp³-hybridized carbons (Fsp3) is 0.133. The van der Waals surface area contributed by atoms with Crippen molar-refractivity contribution in [2.75, 3.05) is 7.11 Å². The van der Waals surface area contributed by atoms with Gasteiger partial charge in [0.2, 0.25) is 0 Å². The predicted octanol–water partition coefficient (Wildman–Crippen LogP) is 3.21. The molecule has 0 radical (unpaired) electrons. The van der Waals surface area contributed by atoms with Crippen LogP contribution < -0.4 is 10.2 Å². The van der Waals surface area contributed by atoms with E-state index in [0.29, 0.717) is 22.9 Å². The highest BCUT2D eigenvalue weighted by Crippen LogP contribution is 2.22. The summed E-state index contributed by atoms with van der Waals surface area (Å²) in [5.74, 6) is 0.0211. The van der Waals surface area contributed by atoms with Gasteiger partial charge in [0.05, 0.1) is 19.3 Å². The van der Waals surface area contributed by atoms with Crippen molar-refractivity contribution in [3.05, 3.63) is 64.7 Å². The van der Waals surface area contributed by atoms with Crippen LogP contribution in [0.3, 0.4) is 0 Å². The van der Waals surface area contributed by atoms with Gasteiger partial charge in [-0.2, -0.15) is 0 Å². The van der Waals surface area contributed by atoms with Crippen LogP contribution in [-0.2, 0) is 11.4 Å². The van der Waals surface area contributed by atoms with Crippen molar-refractivity contribution in [2.45, 2.75) is 6.61 Å². The number of hydrogen-bond donors (Lipinski definition) is 1. The maximum atomic E-state index is 12.0. The SMILES string of the molecule is COc1cc(Cl)ccc1C(=O)NOCc1ccccc1. The molecule has 0 bridgehead atoms. The van der Waals surface area contributed by atoms with Crippen LogP contribution >= 0.6 is 11.6 Å². The number of benzene rings is 2. The molecule has 0 aliphatic rings. The topological polar surface area (TPSA) is 47.6 Å². The first-order chi connectivity index (χ1) is 9.70. The van der Waals surface area contributed by atoms with Gasteiger partial charge in [-0.3, -0.25) is 9.63 Å². The Hall–Kier alpha value is -2.04. The van der Waals surface area contributed by atoms with E-state index in [2.05, 4.69) is 5.48 Å². The number of carbonyl (C=O) groups excluding carboxylic acids is 1. The van der Waals surface area contributed by atoms with Gasteiger partial charge in [0, 0.05) is 5.02 Å². The molecule has 0 heterocycles. The van der Waals surface area contributed by atoms with E-state index < -0.39 is 0 Å². The molecule has 0 spiro atoms. The molecular weight excluding hydrogens is 278 g/mol. The van der Waals surface area contributed by atoms with Crippen molar-refractivity contribution in [2.24, 2.45) is 0 Å². The van der Waals surface area contributed by atoms with Gasteiger partial charge in [-0.1, -0.05) is 41.9 Å². The van der Waals surface area contributed by atoms with Crippen LogP contribution in [0.4, 0.5) is 0 Å². The van der Waals surface area contributed by atoms with Crippen LogP contribution in [0, 0.1) is 0 Å². The second-order valence-corrected chi connectivity index (χ2v) is 4.49. The standard InChI is InChI=1S/C15H14ClNO3/c1-19-14-9-12(16)7-8-13(14)15(18)17-20-10-11-5-3-2-4-6-11/h2-9H,10H2,1H3,(H,17,18). The van der Waals surface area contributed by atoms with Crippen molar-refractivity contribution in [1.82, 2.24) is 5.48 Å². The predicted molar refractivity (Wildman–Crippen MR) is 76.7 cm³/mol. The van der Waals surface area contributed by atoms with Gasteiger partial charge in [0.1, 0.15) is 5.75 Å². The zero-order valence-corrected chi connectivity index (χ0v) is 11.7. The highest BCUT2D eigenvalue weighted by Gasteiger charge is 2.12. The van der Waals surface area contributed by atoms with Gasteiger partial charge in [-0.25, -0.2) is 5.48 Å². The first kappa shape index (κ1) is 14.4. The molecule has 0 saturated carbocycles. The summed E-state index contributed by atoms with van der Waals surface area (Å²) in [4.78, 5) is 17.1. The Bertz CT molecular complexity index is 587. The maximum absolute atomic E-state index is 12.0. The minimum atomic E-state index is -0.380. The summed E-state index contributed by atoms with van der Waals surface area (Å²) < 4.78 is 5.11. The number of methoxy groups -OCH3 is 1. The van der Waals surface area contributed by atoms with Gasteiger partial charge in [0.25, 0.3) is 5.91 Å². The summed E-state index contributed by atoms with van der Waals surface area (Å²) in [7, 11) is 1.48. The minimum absolute atomic E-state index is 0.294. The molecule has 0 aliphatic carbocycles. The molecule has 20 heavy (non-hydrogen) atoms. The fourth-order valence-electron chi connectivity index (χ4n) is 1.67. The second kappa shape index (κ2) is 6.93. The molecule has 104 valence electrons. The van der Waals surface area contributed by atoms with Crippen molar-refractivity contribution < 1.29 is 14.4 Å². The number of halogens is 1. The number of hydroxylamine groups is 1. The lowest BCUT2D eigenvalue weighted by Gasteiger charge is -2.09. The van der Waals surface area contributed by atoms with Crippen LogP contribution in [-0.4, -0.2) is 13.0 Å². The number of amides is 1. The lowest BCUT2D eigenvalue weighted by Crippen LogP contribution is -2.24. The Balaban J connectivity index is 1.95. The molecule has 0 aromatic heterocycles. The molecule has 0 saturated heterocycles. The molecule has 0 fully saturated rings. The summed E-state index contributed by atoms with van der Waals surface area (Å²) in [6.07, 6.45) is 0. The molecule has 2 rings (SSSR count). The van der Waals surface area contributed by atoms with Crippen molar-refractivity contribution >= 4 is 17.5 Å². The minimum Gasteiger partial charge on any atom is -0.496 e. The van der Waals surface area contributed by atoms with E-state index >= 15 is 0 Å². The number of rotatable bonds is 5. The lowest BCUT2D eigenvalue weighted by atomic mass is 10.2. The number of carbonyl (C=O) groups is 1. The van der Waals surface area contributed by atoms with Crippen LogP contribution in [0.2, 0.25) is 5.02 Å². The van der Waals surface area contributed by atoms with E-state index in [1.54, 1.807) is 18.2 Å². The molecule has 5 heteroatoms. The number of nitrogens with one attached hydrogen (secondary N) is 1. The van der Waals surface area contributed by atoms with Gasteiger partial charge in [-0.05, 0) is 23.8 Å². The van der Waals surface area contributed by atoms with Crippen LogP contribution in [0.5, 0.6) is 5.75 Å². The van der Waals surface area contributed by atoms with Crippen LogP contribution in [0.25, 0.3) is 0 Å². The first-order valence-electron chi connectivity index (χ1n) is 6.00. The third kappa shape index (κ3) is 3.73. The van der Waals surface area contributed by atoms with Crippen LogP contribution in [0.1, 0.15) is 15.9 Å². The molecule has 2 aromatic carbocycles. The van der Waals surface area contributed by atoms with E-state index in [1.165, 1.54) is 7.11 Å². The molecule has 4 nitrogen and oxygen atoms in total. The third-order valence-corrected chi connectivity index (χ3v) is 2.89. The molecule has 1 N–H and O–H groups in total. The zero-order chi connectivity index (χ0) is 14.4. The largest absolute Gasteiger partial charge is 0.496 e.